The summed E-state index contributed by atoms with van der Waals surface area (Å²) in [5, 5.41) is 9.64. The average Bonchev–Trinajstić information content (AvgIpc) is 3.33. The van der Waals surface area contributed by atoms with Gasteiger partial charge in [0.05, 0.1) is 28.6 Å². The number of fused-ring (bicyclic) bond motifs is 2. The number of ketones is 1. The second-order valence-electron chi connectivity index (χ2n) is 8.99. The third-order valence-corrected chi connectivity index (χ3v) is 8.46. The highest BCUT2D eigenvalue weighted by Gasteiger charge is 2.29. The molecule has 0 saturated heterocycles. The number of anilines is 1. The Hall–Kier alpha value is -4.42. The van der Waals surface area contributed by atoms with Crippen molar-refractivity contribution >= 4 is 38.4 Å². The lowest BCUT2D eigenvalue weighted by atomic mass is 10.0. The fourth-order valence-corrected chi connectivity index (χ4v) is 6.30. The lowest BCUT2D eigenvalue weighted by molar-refractivity contribution is 0.0475. The van der Waals surface area contributed by atoms with Crippen LogP contribution >= 0.6 is 0 Å². The molecule has 0 saturated carbocycles. The van der Waals surface area contributed by atoms with Crippen molar-refractivity contribution in [2.24, 2.45) is 0 Å². The van der Waals surface area contributed by atoms with Gasteiger partial charge in [-0.2, -0.15) is 5.26 Å². The molecule has 1 aliphatic rings. The molecule has 2 heterocycles. The quantitative estimate of drug-likeness (QED) is 0.242. The van der Waals surface area contributed by atoms with Gasteiger partial charge < -0.3 is 9.30 Å². The average molecular weight is 528 g/mol. The van der Waals surface area contributed by atoms with Gasteiger partial charge in [-0.1, -0.05) is 36.4 Å². The fourth-order valence-electron chi connectivity index (χ4n) is 4.76. The molecule has 1 aliphatic heterocycles. The van der Waals surface area contributed by atoms with Gasteiger partial charge in [-0.3, -0.25) is 9.10 Å². The van der Waals surface area contributed by atoms with E-state index in [1.165, 1.54) is 28.6 Å². The zero-order valence-corrected chi connectivity index (χ0v) is 21.4. The Kier molecular flexibility index (Phi) is 6.99. The number of carbonyl (C=O) groups is 2. The molecule has 0 aliphatic carbocycles. The zero-order valence-electron chi connectivity index (χ0n) is 20.5. The first-order chi connectivity index (χ1) is 18.4. The Morgan fingerprint density at radius 1 is 0.974 bits per heavy atom. The van der Waals surface area contributed by atoms with Gasteiger partial charge in [-0.15, -0.1) is 0 Å². The first-order valence-corrected chi connectivity index (χ1v) is 13.7. The maximum atomic E-state index is 13.3. The van der Waals surface area contributed by atoms with E-state index in [0.29, 0.717) is 30.8 Å². The highest BCUT2D eigenvalue weighted by atomic mass is 32.2. The first-order valence-electron chi connectivity index (χ1n) is 12.3. The number of esters is 1. The molecule has 5 rings (SSSR count). The van der Waals surface area contributed by atoms with Crippen molar-refractivity contribution < 1.29 is 22.7 Å². The lowest BCUT2D eigenvalue weighted by Crippen LogP contribution is -2.35. The van der Waals surface area contributed by atoms with Crippen LogP contribution < -0.4 is 4.31 Å². The summed E-state index contributed by atoms with van der Waals surface area (Å²) in [6, 6.07) is 22.4. The van der Waals surface area contributed by atoms with Crippen LogP contribution in [0.15, 0.2) is 83.9 Å². The first kappa shape index (κ1) is 25.2. The number of Topliss-reactive ketones (excluding diaryl/α,β-unsaturated/α-hetero) is 1. The number of para-hydroxylation sites is 2. The van der Waals surface area contributed by atoms with E-state index < -0.39 is 22.6 Å². The van der Waals surface area contributed by atoms with Crippen LogP contribution in [0.3, 0.4) is 0 Å². The molecule has 0 amide bonds. The van der Waals surface area contributed by atoms with Crippen LogP contribution in [0.5, 0.6) is 0 Å². The van der Waals surface area contributed by atoms with Gasteiger partial charge in [0.1, 0.15) is 0 Å². The summed E-state index contributed by atoms with van der Waals surface area (Å²) in [6.07, 6.45) is 3.53. The van der Waals surface area contributed by atoms with E-state index in [9.17, 15) is 18.0 Å². The second-order valence-corrected chi connectivity index (χ2v) is 10.9. The standard InChI is InChI=1S/C29H25N3O5S/c30-16-6-17-31-19-25(24-9-2-4-11-27(24)31)28(33)20-37-29(34)22-12-14-23(15-13-22)38(35,36)32-18-5-8-21-7-1-3-10-26(21)32/h1-4,7,9-15,19H,5-6,8,17-18,20H2. The fraction of sp³-hybridized carbons (Fsp3) is 0.207. The molecular weight excluding hydrogens is 502 g/mol. The van der Waals surface area contributed by atoms with E-state index in [0.717, 1.165) is 29.3 Å². The summed E-state index contributed by atoms with van der Waals surface area (Å²) in [6.45, 7) is 0.371. The van der Waals surface area contributed by atoms with Gasteiger partial charge in [-0.05, 0) is 54.8 Å². The van der Waals surface area contributed by atoms with Gasteiger partial charge >= 0.3 is 5.97 Å². The highest BCUT2D eigenvalue weighted by Crippen LogP contribution is 2.32. The van der Waals surface area contributed by atoms with Crippen molar-refractivity contribution in [3.63, 3.8) is 0 Å². The van der Waals surface area contributed by atoms with Gasteiger partial charge in [0.2, 0.25) is 5.78 Å². The monoisotopic (exact) mass is 527 g/mol. The molecular formula is C29H25N3O5S. The van der Waals surface area contributed by atoms with E-state index in [-0.39, 0.29) is 16.2 Å². The van der Waals surface area contributed by atoms with Crippen molar-refractivity contribution in [2.75, 3.05) is 17.5 Å². The Bertz CT molecular complexity index is 1670. The molecule has 192 valence electrons. The summed E-state index contributed by atoms with van der Waals surface area (Å²) in [7, 11) is -3.80. The van der Waals surface area contributed by atoms with E-state index >= 15 is 0 Å². The molecule has 4 aromatic rings. The van der Waals surface area contributed by atoms with Crippen LogP contribution in [0.4, 0.5) is 5.69 Å². The maximum absolute atomic E-state index is 13.3. The Labute approximate surface area is 220 Å². The molecule has 1 aromatic heterocycles. The van der Waals surface area contributed by atoms with Gasteiger partial charge in [0.15, 0.2) is 6.61 Å². The number of hydrogen-bond acceptors (Lipinski definition) is 6. The van der Waals surface area contributed by atoms with Crippen LogP contribution in [-0.2, 0) is 27.7 Å². The minimum absolute atomic E-state index is 0.0759. The number of nitrogens with zero attached hydrogens (tertiary/aromatic N) is 3. The van der Waals surface area contributed by atoms with E-state index in [1.54, 1.807) is 12.3 Å². The van der Waals surface area contributed by atoms with Crippen LogP contribution in [0.2, 0.25) is 0 Å². The van der Waals surface area contributed by atoms with Crippen LogP contribution in [0.25, 0.3) is 10.9 Å². The van der Waals surface area contributed by atoms with Crippen molar-refractivity contribution in [2.45, 2.75) is 30.7 Å². The lowest BCUT2D eigenvalue weighted by Gasteiger charge is -2.30. The molecule has 0 bridgehead atoms. The Morgan fingerprint density at radius 2 is 1.71 bits per heavy atom. The summed E-state index contributed by atoms with van der Waals surface area (Å²) >= 11 is 0. The summed E-state index contributed by atoms with van der Waals surface area (Å²) in [4.78, 5) is 25.6. The Morgan fingerprint density at radius 3 is 2.50 bits per heavy atom. The van der Waals surface area contributed by atoms with Gasteiger partial charge in [-0.25, -0.2) is 13.2 Å². The van der Waals surface area contributed by atoms with Crippen molar-refractivity contribution in [1.29, 1.82) is 5.26 Å². The molecule has 9 heteroatoms. The van der Waals surface area contributed by atoms with Crippen LogP contribution in [0, 0.1) is 11.3 Å². The summed E-state index contributed by atoms with van der Waals surface area (Å²) in [5.74, 6) is -1.09. The number of ether oxygens (including phenoxy) is 1. The van der Waals surface area contributed by atoms with Crippen LogP contribution in [0.1, 0.15) is 39.1 Å². The number of benzene rings is 3. The summed E-state index contributed by atoms with van der Waals surface area (Å²) in [5.41, 5.74) is 3.04. The van der Waals surface area contributed by atoms with Crippen LogP contribution in [-0.4, -0.2) is 37.9 Å². The third-order valence-electron chi connectivity index (χ3n) is 6.63. The van der Waals surface area contributed by atoms with E-state index in [1.807, 2.05) is 47.0 Å². The van der Waals surface area contributed by atoms with Crippen molar-refractivity contribution in [3.8, 4) is 6.07 Å². The van der Waals surface area contributed by atoms with Gasteiger partial charge in [0, 0.05) is 35.8 Å². The van der Waals surface area contributed by atoms with E-state index in [2.05, 4.69) is 6.07 Å². The molecule has 0 N–H and O–H groups in total. The second kappa shape index (κ2) is 10.5. The normalized spacial score (nSPS) is 13.1. The van der Waals surface area contributed by atoms with Gasteiger partial charge in [0.25, 0.3) is 10.0 Å². The largest absolute Gasteiger partial charge is 0.454 e. The Balaban J connectivity index is 1.28. The minimum Gasteiger partial charge on any atom is -0.454 e. The molecule has 38 heavy (non-hydrogen) atoms. The third kappa shape index (κ3) is 4.78. The predicted octanol–water partition coefficient (Wildman–Crippen LogP) is 4.74. The number of hydrogen-bond donors (Lipinski definition) is 0. The maximum Gasteiger partial charge on any atom is 0.338 e. The number of nitriles is 1. The zero-order chi connectivity index (χ0) is 26.7. The number of aryl methyl sites for hydroxylation is 2. The molecule has 0 spiro atoms. The molecule has 8 nitrogen and oxygen atoms in total. The SMILES string of the molecule is N#CCCn1cc(C(=O)COC(=O)c2ccc(S(=O)(=O)N3CCCc4ccccc43)cc2)c2ccccc21. The number of carbonyl (C=O) groups excluding carboxylic acids is 2. The topological polar surface area (TPSA) is 109 Å². The molecule has 3 aromatic carbocycles. The molecule has 0 unspecified atom stereocenters. The molecule has 0 atom stereocenters. The number of rotatable bonds is 8. The van der Waals surface area contributed by atoms with Crippen molar-refractivity contribution in [3.05, 3.63) is 95.7 Å². The summed E-state index contributed by atoms with van der Waals surface area (Å²) < 4.78 is 35.2. The van der Waals surface area contributed by atoms with E-state index in [4.69, 9.17) is 10.00 Å². The minimum atomic E-state index is -3.80. The predicted molar refractivity (Wildman–Crippen MR) is 143 cm³/mol. The number of aromatic nitrogens is 1. The molecule has 0 radical (unpaired) electrons. The van der Waals surface area contributed by atoms with Crippen molar-refractivity contribution in [1.82, 2.24) is 4.57 Å². The number of sulfonamides is 1. The molecule has 0 fully saturated rings. The highest BCUT2D eigenvalue weighted by molar-refractivity contribution is 7.92. The smallest absolute Gasteiger partial charge is 0.338 e.